The van der Waals surface area contributed by atoms with Crippen LogP contribution in [0, 0.1) is 0 Å². The Morgan fingerprint density at radius 2 is 1.84 bits per heavy atom. The molecule has 0 bridgehead atoms. The predicted octanol–water partition coefficient (Wildman–Crippen LogP) is 5.49. The molecule has 0 saturated carbocycles. The lowest BCUT2D eigenvalue weighted by molar-refractivity contribution is 0.410. The van der Waals surface area contributed by atoms with Crippen LogP contribution in [0.2, 0.25) is 5.02 Å². The lowest BCUT2D eigenvalue weighted by Gasteiger charge is -2.13. The molecule has 0 amide bonds. The van der Waals surface area contributed by atoms with Gasteiger partial charge in [-0.2, -0.15) is 0 Å². The van der Waals surface area contributed by atoms with Gasteiger partial charge in [0.1, 0.15) is 5.75 Å². The fourth-order valence-electron chi connectivity index (χ4n) is 1.74. The molecule has 0 unspecified atom stereocenters. The molecule has 0 aliphatic rings. The topological polar surface area (TPSA) is 21.3 Å². The summed E-state index contributed by atoms with van der Waals surface area (Å²) in [6.45, 7) is 0.630. The standard InChI is InChI=1S/C14H12Br2ClNO/c1-19-13-6-5-10(17)7-9(13)8-18-14-11(15)3-2-4-12(14)16/h2-7,18H,8H2,1H3. The van der Waals surface area contributed by atoms with Gasteiger partial charge in [0.15, 0.2) is 0 Å². The molecule has 0 radical (unpaired) electrons. The number of halogens is 3. The smallest absolute Gasteiger partial charge is 0.123 e. The van der Waals surface area contributed by atoms with Crippen molar-refractivity contribution in [2.45, 2.75) is 6.54 Å². The summed E-state index contributed by atoms with van der Waals surface area (Å²) < 4.78 is 7.33. The monoisotopic (exact) mass is 403 g/mol. The van der Waals surface area contributed by atoms with Crippen LogP contribution in [0.25, 0.3) is 0 Å². The maximum absolute atomic E-state index is 6.02. The van der Waals surface area contributed by atoms with Crippen LogP contribution in [0.3, 0.4) is 0 Å². The molecule has 0 atom stereocenters. The van der Waals surface area contributed by atoms with Crippen LogP contribution in [-0.4, -0.2) is 7.11 Å². The minimum absolute atomic E-state index is 0.630. The first-order valence-electron chi connectivity index (χ1n) is 5.62. The molecule has 0 saturated heterocycles. The zero-order valence-electron chi connectivity index (χ0n) is 10.2. The van der Waals surface area contributed by atoms with Crippen molar-refractivity contribution in [2.75, 3.05) is 12.4 Å². The van der Waals surface area contributed by atoms with E-state index in [2.05, 4.69) is 37.2 Å². The second kappa shape index (κ2) is 6.64. The quantitative estimate of drug-likeness (QED) is 0.727. The van der Waals surface area contributed by atoms with E-state index in [0.717, 1.165) is 25.9 Å². The Hall–Kier alpha value is -0.710. The third-order valence-electron chi connectivity index (χ3n) is 2.66. The van der Waals surface area contributed by atoms with Crippen LogP contribution in [0.15, 0.2) is 45.3 Å². The SMILES string of the molecule is COc1ccc(Cl)cc1CNc1c(Br)cccc1Br. The first-order chi connectivity index (χ1) is 9.11. The highest BCUT2D eigenvalue weighted by molar-refractivity contribution is 9.11. The van der Waals surface area contributed by atoms with Crippen molar-refractivity contribution in [1.82, 2.24) is 0 Å². The Labute approximate surface area is 134 Å². The van der Waals surface area contributed by atoms with Crippen LogP contribution in [0.1, 0.15) is 5.56 Å². The molecular formula is C14H12Br2ClNO. The summed E-state index contributed by atoms with van der Waals surface area (Å²) in [5, 5.41) is 4.07. The van der Waals surface area contributed by atoms with E-state index in [1.807, 2.05) is 36.4 Å². The van der Waals surface area contributed by atoms with Crippen LogP contribution >= 0.6 is 43.5 Å². The van der Waals surface area contributed by atoms with Gasteiger partial charge in [-0.05, 0) is 62.2 Å². The molecule has 0 heterocycles. The molecule has 0 spiro atoms. The summed E-state index contributed by atoms with van der Waals surface area (Å²) in [6, 6.07) is 11.5. The summed E-state index contributed by atoms with van der Waals surface area (Å²) in [7, 11) is 1.65. The summed E-state index contributed by atoms with van der Waals surface area (Å²) >= 11 is 13.1. The van der Waals surface area contributed by atoms with Gasteiger partial charge in [0, 0.05) is 26.1 Å². The molecule has 0 fully saturated rings. The predicted molar refractivity (Wildman–Crippen MR) is 87.2 cm³/mol. The van der Waals surface area contributed by atoms with E-state index in [1.54, 1.807) is 7.11 Å². The van der Waals surface area contributed by atoms with Crippen molar-refractivity contribution in [3.05, 3.63) is 55.9 Å². The average molecular weight is 406 g/mol. The molecular weight excluding hydrogens is 393 g/mol. The number of hydrogen-bond donors (Lipinski definition) is 1. The molecule has 5 heteroatoms. The molecule has 100 valence electrons. The first kappa shape index (κ1) is 14.7. The van der Waals surface area contributed by atoms with Crippen LogP contribution in [-0.2, 0) is 6.54 Å². The Kier molecular flexibility index (Phi) is 5.13. The summed E-state index contributed by atoms with van der Waals surface area (Å²) in [5.74, 6) is 0.820. The molecule has 2 nitrogen and oxygen atoms in total. The lowest BCUT2D eigenvalue weighted by atomic mass is 10.2. The number of hydrogen-bond acceptors (Lipinski definition) is 2. The second-order valence-corrected chi connectivity index (χ2v) is 6.05. The summed E-state index contributed by atoms with van der Waals surface area (Å²) in [5.41, 5.74) is 2.02. The average Bonchev–Trinajstić information content (AvgIpc) is 2.38. The lowest BCUT2D eigenvalue weighted by Crippen LogP contribution is -2.03. The van der Waals surface area contributed by atoms with Gasteiger partial charge in [0.05, 0.1) is 12.8 Å². The van der Waals surface area contributed by atoms with Crippen molar-refractivity contribution < 1.29 is 4.74 Å². The van der Waals surface area contributed by atoms with Gasteiger partial charge in [-0.15, -0.1) is 0 Å². The molecule has 0 aromatic heterocycles. The van der Waals surface area contributed by atoms with Gasteiger partial charge in [-0.3, -0.25) is 0 Å². The number of rotatable bonds is 4. The highest BCUT2D eigenvalue weighted by Crippen LogP contribution is 2.32. The molecule has 19 heavy (non-hydrogen) atoms. The van der Waals surface area contributed by atoms with Gasteiger partial charge in [0.2, 0.25) is 0 Å². The van der Waals surface area contributed by atoms with Crippen LogP contribution < -0.4 is 10.1 Å². The first-order valence-corrected chi connectivity index (χ1v) is 7.58. The summed E-state index contributed by atoms with van der Waals surface area (Å²) in [4.78, 5) is 0. The van der Waals surface area contributed by atoms with E-state index < -0.39 is 0 Å². The summed E-state index contributed by atoms with van der Waals surface area (Å²) in [6.07, 6.45) is 0. The third kappa shape index (κ3) is 3.65. The number of anilines is 1. The van der Waals surface area contributed by atoms with Gasteiger partial charge >= 0.3 is 0 Å². The Morgan fingerprint density at radius 1 is 1.16 bits per heavy atom. The normalized spacial score (nSPS) is 10.3. The number of benzene rings is 2. The number of para-hydroxylation sites is 1. The Morgan fingerprint density at radius 3 is 2.47 bits per heavy atom. The zero-order valence-corrected chi connectivity index (χ0v) is 14.1. The van der Waals surface area contributed by atoms with Crippen molar-refractivity contribution in [3.8, 4) is 5.75 Å². The largest absolute Gasteiger partial charge is 0.496 e. The molecule has 2 aromatic rings. The minimum atomic E-state index is 0.630. The number of methoxy groups -OCH3 is 1. The van der Waals surface area contributed by atoms with Gasteiger partial charge in [0.25, 0.3) is 0 Å². The zero-order chi connectivity index (χ0) is 13.8. The highest BCUT2D eigenvalue weighted by atomic mass is 79.9. The minimum Gasteiger partial charge on any atom is -0.496 e. The third-order valence-corrected chi connectivity index (χ3v) is 4.22. The van der Waals surface area contributed by atoms with E-state index in [1.165, 1.54) is 0 Å². The van der Waals surface area contributed by atoms with Crippen LogP contribution in [0.4, 0.5) is 5.69 Å². The Bertz CT molecular complexity index is 569. The fourth-order valence-corrected chi connectivity index (χ4v) is 3.21. The molecule has 0 aliphatic carbocycles. The molecule has 0 aliphatic heterocycles. The van der Waals surface area contributed by atoms with Crippen molar-refractivity contribution in [2.24, 2.45) is 0 Å². The van der Waals surface area contributed by atoms with E-state index in [-0.39, 0.29) is 0 Å². The van der Waals surface area contributed by atoms with Crippen molar-refractivity contribution in [3.63, 3.8) is 0 Å². The van der Waals surface area contributed by atoms with Crippen molar-refractivity contribution in [1.29, 1.82) is 0 Å². The van der Waals surface area contributed by atoms with Crippen molar-refractivity contribution >= 4 is 49.1 Å². The molecule has 2 aromatic carbocycles. The van der Waals surface area contributed by atoms with E-state index in [0.29, 0.717) is 11.6 Å². The van der Waals surface area contributed by atoms with E-state index in [4.69, 9.17) is 16.3 Å². The highest BCUT2D eigenvalue weighted by Gasteiger charge is 2.07. The van der Waals surface area contributed by atoms with Gasteiger partial charge in [-0.25, -0.2) is 0 Å². The molecule has 1 N–H and O–H groups in total. The van der Waals surface area contributed by atoms with Gasteiger partial charge in [-0.1, -0.05) is 17.7 Å². The maximum atomic E-state index is 6.02. The molecule has 2 rings (SSSR count). The number of ether oxygens (including phenoxy) is 1. The maximum Gasteiger partial charge on any atom is 0.123 e. The second-order valence-electron chi connectivity index (χ2n) is 3.91. The van der Waals surface area contributed by atoms with E-state index >= 15 is 0 Å². The Balaban J connectivity index is 2.21. The van der Waals surface area contributed by atoms with Crippen LogP contribution in [0.5, 0.6) is 5.75 Å². The van der Waals surface area contributed by atoms with Gasteiger partial charge < -0.3 is 10.1 Å². The fraction of sp³-hybridized carbons (Fsp3) is 0.143. The number of nitrogens with one attached hydrogen (secondary N) is 1. The van der Waals surface area contributed by atoms with E-state index in [9.17, 15) is 0 Å².